The molecule has 0 aliphatic carbocycles. The van der Waals surface area contributed by atoms with E-state index in [2.05, 4.69) is 27.6 Å². The zero-order valence-electron chi connectivity index (χ0n) is 38.5. The summed E-state index contributed by atoms with van der Waals surface area (Å²) >= 11 is 0. The first-order valence-electron chi connectivity index (χ1n) is 22.7. The van der Waals surface area contributed by atoms with Crippen molar-refractivity contribution >= 4 is 37.3 Å². The number of ether oxygens (including phenoxy) is 5. The molecule has 4 amide bonds. The number of primary amides is 1. The van der Waals surface area contributed by atoms with Crippen LogP contribution in [0.5, 0.6) is 5.75 Å². The van der Waals surface area contributed by atoms with Crippen molar-refractivity contribution in [1.82, 2.24) is 10.6 Å². The van der Waals surface area contributed by atoms with Gasteiger partial charge in [-0.15, -0.1) is 13.2 Å². The Balaban J connectivity index is 1.62. The topological polar surface area (TPSA) is 333 Å². The van der Waals surface area contributed by atoms with Crippen LogP contribution >= 0.6 is 7.82 Å². The second-order valence-electron chi connectivity index (χ2n) is 16.6. The number of benzene rings is 2. The third-order valence-corrected chi connectivity index (χ3v) is 12.1. The summed E-state index contributed by atoms with van der Waals surface area (Å²) in [6.45, 7) is -0.230. The fourth-order valence-electron chi connectivity index (χ4n) is 7.46. The largest absolute Gasteiger partial charge is 0.573 e. The van der Waals surface area contributed by atoms with Gasteiger partial charge >= 0.3 is 32.4 Å². The zero-order valence-corrected chi connectivity index (χ0v) is 39.4. The summed E-state index contributed by atoms with van der Waals surface area (Å²) in [5.41, 5.74) is 3.30. The van der Waals surface area contributed by atoms with Gasteiger partial charge in [-0.05, 0) is 48.9 Å². The van der Waals surface area contributed by atoms with E-state index in [0.29, 0.717) is 25.0 Å². The second kappa shape index (κ2) is 27.5. The lowest BCUT2D eigenvalue weighted by Gasteiger charge is -2.48. The van der Waals surface area contributed by atoms with Crippen molar-refractivity contribution in [3.05, 3.63) is 59.7 Å². The van der Waals surface area contributed by atoms with Gasteiger partial charge in [-0.3, -0.25) is 18.6 Å². The number of amides is 4. The number of urea groups is 1. The molecule has 0 spiro atoms. The van der Waals surface area contributed by atoms with Crippen molar-refractivity contribution in [3.63, 3.8) is 0 Å². The molecule has 29 heteroatoms. The number of aliphatic hydroxyl groups excluding tert-OH is 4. The number of rotatable bonds is 27. The Morgan fingerprint density at radius 2 is 1.44 bits per heavy atom. The predicted octanol–water partition coefficient (Wildman–Crippen LogP) is 3.81. The van der Waals surface area contributed by atoms with Crippen molar-refractivity contribution in [2.45, 2.75) is 151 Å². The molecule has 0 bridgehead atoms. The first-order chi connectivity index (χ1) is 33.8. The van der Waals surface area contributed by atoms with Crippen LogP contribution in [0.4, 0.5) is 36.8 Å². The highest BCUT2D eigenvalue weighted by molar-refractivity contribution is 7.47. The van der Waals surface area contributed by atoms with Crippen LogP contribution in [-0.4, -0.2) is 148 Å². The van der Waals surface area contributed by atoms with Gasteiger partial charge in [-0.1, -0.05) is 70.8 Å². The quantitative estimate of drug-likeness (QED) is 0.0345. The minimum absolute atomic E-state index is 0.101. The molecule has 2 aliphatic heterocycles. The van der Waals surface area contributed by atoms with E-state index in [1.807, 2.05) is 0 Å². The van der Waals surface area contributed by atoms with Gasteiger partial charge < -0.3 is 75.8 Å². The van der Waals surface area contributed by atoms with Crippen LogP contribution in [0.2, 0.25) is 0 Å². The minimum atomic E-state index is -5.70. The Hall–Kier alpha value is -4.71. The first-order valence-corrected chi connectivity index (χ1v) is 24.2. The van der Waals surface area contributed by atoms with Gasteiger partial charge in [0.25, 0.3) is 5.91 Å². The van der Waals surface area contributed by atoms with E-state index in [9.17, 15) is 80.5 Å². The lowest BCUT2D eigenvalue weighted by atomic mass is 9.94. The van der Waals surface area contributed by atoms with Gasteiger partial charge in [0.05, 0.1) is 24.8 Å². The van der Waals surface area contributed by atoms with Crippen molar-refractivity contribution in [2.75, 3.05) is 25.1 Å². The highest BCUT2D eigenvalue weighted by Crippen LogP contribution is 2.47. The van der Waals surface area contributed by atoms with Gasteiger partial charge in [0.2, 0.25) is 5.91 Å². The number of phosphoric acid groups is 1. The molecule has 2 saturated heterocycles. The monoisotopic (exact) mass is 1060 g/mol. The van der Waals surface area contributed by atoms with E-state index >= 15 is 0 Å². The number of carboxylic acids is 1. The fourth-order valence-corrected chi connectivity index (χ4v) is 8.27. The number of carbonyl (C=O) groups is 4. The van der Waals surface area contributed by atoms with E-state index in [1.54, 1.807) is 0 Å². The second-order valence-corrected chi connectivity index (χ2v) is 18.1. The summed E-state index contributed by atoms with van der Waals surface area (Å²) in [4.78, 5) is 62.6. The summed E-state index contributed by atoms with van der Waals surface area (Å²) in [7, 11) is -5.70. The van der Waals surface area contributed by atoms with Crippen LogP contribution in [0.1, 0.15) is 87.1 Å². The van der Waals surface area contributed by atoms with Crippen molar-refractivity contribution in [1.29, 1.82) is 0 Å². The average molecular weight is 1060 g/mol. The van der Waals surface area contributed by atoms with Crippen molar-refractivity contribution < 1.29 is 113 Å². The highest BCUT2D eigenvalue weighted by Gasteiger charge is 2.55. The van der Waals surface area contributed by atoms with Gasteiger partial charge in [-0.2, -0.15) is 13.2 Å². The molecule has 12 atom stereocenters. The van der Waals surface area contributed by atoms with E-state index in [-0.39, 0.29) is 12.3 Å². The number of aliphatic hydroxyl groups is 4. The number of anilines is 1. The predicted molar refractivity (Wildman–Crippen MR) is 234 cm³/mol. The fraction of sp³-hybridized carbons (Fsp3) is 0.628. The van der Waals surface area contributed by atoms with Crippen molar-refractivity contribution in [2.24, 2.45) is 5.73 Å². The van der Waals surface area contributed by atoms with Crippen LogP contribution in [0.25, 0.3) is 0 Å². The maximum absolute atomic E-state index is 13.6. The van der Waals surface area contributed by atoms with E-state index in [0.717, 1.165) is 81.3 Å². The van der Waals surface area contributed by atoms with Gasteiger partial charge in [0.15, 0.2) is 24.8 Å². The third kappa shape index (κ3) is 18.6. The van der Waals surface area contributed by atoms with E-state index in [1.165, 1.54) is 6.42 Å². The number of nitrogens with one attached hydrogen (secondary N) is 3. The maximum Gasteiger partial charge on any atom is 0.573 e. The summed E-state index contributed by atoms with van der Waals surface area (Å²) < 4.78 is 129. The highest BCUT2D eigenvalue weighted by atomic mass is 31.2. The van der Waals surface area contributed by atoms with Crippen LogP contribution < -0.4 is 26.4 Å². The number of alkyl halides is 6. The number of hydrogen-bond acceptors (Lipinski definition) is 16. The molecule has 72 heavy (non-hydrogen) atoms. The molecule has 0 aromatic heterocycles. The third-order valence-electron chi connectivity index (χ3n) is 11.1. The number of carboxylic acid groups (broad SMARTS) is 1. The lowest BCUT2D eigenvalue weighted by Crippen LogP contribution is -2.70. The van der Waals surface area contributed by atoms with Crippen LogP contribution in [0.15, 0.2) is 48.5 Å². The number of carbonyl (C=O) groups excluding carboxylic acids is 3. The Morgan fingerprint density at radius 1 is 0.819 bits per heavy atom. The van der Waals surface area contributed by atoms with E-state index < -0.39 is 142 Å². The van der Waals surface area contributed by atoms with Gasteiger partial charge in [0, 0.05) is 17.9 Å². The molecular weight excluding hydrogens is 1010 g/mol. The summed E-state index contributed by atoms with van der Waals surface area (Å²) in [5.74, 6) is -5.19. The number of halogens is 6. The first kappa shape index (κ1) is 59.8. The van der Waals surface area contributed by atoms with Crippen LogP contribution in [0.3, 0.4) is 0 Å². The number of nitrogens with two attached hydrogens (primary N) is 1. The van der Waals surface area contributed by atoms with Gasteiger partial charge in [0.1, 0.15) is 42.3 Å². The summed E-state index contributed by atoms with van der Waals surface area (Å²) in [5, 5.41) is 59.7. The lowest BCUT2D eigenvalue weighted by molar-refractivity contribution is -0.325. The van der Waals surface area contributed by atoms with Crippen LogP contribution in [-0.2, 0) is 48.3 Å². The zero-order chi connectivity index (χ0) is 53.4. The Kier molecular flexibility index (Phi) is 22.9. The molecule has 12 unspecified atom stereocenters. The number of unbranched alkanes of at least 4 members (excludes halogenated alkanes) is 9. The van der Waals surface area contributed by atoms with E-state index in [4.69, 9.17) is 33.7 Å². The number of phosphoric ester groups is 1. The average Bonchev–Trinajstić information content (AvgIpc) is 3.30. The molecule has 0 radical (unpaired) electrons. The molecule has 0 saturated carbocycles. The Morgan fingerprint density at radius 3 is 2.01 bits per heavy atom. The normalized spacial score (nSPS) is 25.9. The Labute approximate surface area is 408 Å². The molecule has 4 rings (SSSR count). The van der Waals surface area contributed by atoms with Crippen LogP contribution in [0, 0.1) is 0 Å². The summed E-state index contributed by atoms with van der Waals surface area (Å²) in [6.07, 6.45) is -20.2. The standard InChI is InChI=1S/C43H59F6N4O18P/c1-2-3-4-5-6-7-8-9-10-11-19-65-28(38(60)61)22-66-72(63,64)71-40-34(29(33(57)35(69-40)36(50)58)53-41(62)51-25-15-17-26(18-16-25)70-43(47,48)49)68-39-30(32(56)31(55)27(21-54)67-39)52-37(59)23-13-12-14-24(20-23)42(44,45)46/h12-18,20,27-35,39-40,54-57H,2-11,19,21-22H2,1H3,(H2,50,58)(H,52,59)(H,60,61)(H,63,64)(H2,51,53,62). The molecule has 22 nitrogen and oxygen atoms in total. The smallest absolute Gasteiger partial charge is 0.479 e. The molecule has 11 N–H and O–H groups in total. The molecule has 2 aliphatic rings. The Bertz CT molecular complexity index is 2110. The maximum atomic E-state index is 13.6. The molecule has 2 aromatic carbocycles. The molecule has 2 fully saturated rings. The molecule has 406 valence electrons. The number of hydrogen-bond donors (Lipinski definition) is 10. The van der Waals surface area contributed by atoms with Crippen molar-refractivity contribution in [3.8, 4) is 5.75 Å². The minimum Gasteiger partial charge on any atom is -0.479 e. The van der Waals surface area contributed by atoms with Gasteiger partial charge in [-0.25, -0.2) is 14.2 Å². The molecule has 2 aromatic rings. The molecule has 2 heterocycles. The summed E-state index contributed by atoms with van der Waals surface area (Å²) in [6, 6.07) is 0.712. The number of aliphatic carboxylic acids is 1. The SMILES string of the molecule is CCCCCCCCCCCCOC(COP(=O)(O)OC1OC(C(N)=O)C(O)C(NC(=O)Nc2ccc(OC(F)(F)F)cc2)C1OC1OC(CO)C(O)C(O)C1NC(=O)c1cccc(C(F)(F)F)c1)C(=O)O. The molecular formula is C43H59F6N4O18P.